The number of hydrogen-bond acceptors (Lipinski definition) is 5. The summed E-state index contributed by atoms with van der Waals surface area (Å²) in [6.45, 7) is 14.9. The van der Waals surface area contributed by atoms with E-state index in [1.807, 2.05) is 12.4 Å². The Labute approximate surface area is 207 Å². The van der Waals surface area contributed by atoms with Crippen molar-refractivity contribution >= 4 is 0 Å². The number of unbranched alkanes of at least 4 members (excludes halogenated alkanes) is 2. The predicted molar refractivity (Wildman–Crippen MR) is 141 cm³/mol. The summed E-state index contributed by atoms with van der Waals surface area (Å²) in [6, 6.07) is 0.707. The fourth-order valence-electron chi connectivity index (χ4n) is 5.16. The van der Waals surface area contributed by atoms with Crippen LogP contribution >= 0.6 is 0 Å². The second kappa shape index (κ2) is 13.4. The van der Waals surface area contributed by atoms with Crippen LogP contribution in [-0.2, 0) is 19.6 Å². The van der Waals surface area contributed by atoms with Gasteiger partial charge in [0, 0.05) is 43.9 Å². The molecular weight excluding hydrogens is 422 g/mol. The first kappa shape index (κ1) is 26.9. The smallest absolute Gasteiger partial charge is 0.122 e. The van der Waals surface area contributed by atoms with Crippen molar-refractivity contribution in [1.82, 2.24) is 34.2 Å². The molecule has 3 heterocycles. The van der Waals surface area contributed by atoms with Crippen molar-refractivity contribution in [2.45, 2.75) is 91.4 Å². The van der Waals surface area contributed by atoms with Gasteiger partial charge in [-0.2, -0.15) is 0 Å². The summed E-state index contributed by atoms with van der Waals surface area (Å²) in [5.41, 5.74) is 0.481. The van der Waals surface area contributed by atoms with Gasteiger partial charge >= 0.3 is 0 Å². The van der Waals surface area contributed by atoms with Crippen molar-refractivity contribution in [2.24, 2.45) is 5.41 Å². The molecule has 34 heavy (non-hydrogen) atoms. The third-order valence-electron chi connectivity index (χ3n) is 7.74. The minimum atomic E-state index is 0.481. The molecule has 0 aromatic carbocycles. The molecule has 0 radical (unpaired) electrons. The Balaban J connectivity index is 1.32. The van der Waals surface area contributed by atoms with E-state index in [2.05, 4.69) is 75.3 Å². The number of nitrogens with one attached hydrogen (secondary N) is 1. The number of H-pyrrole nitrogens is 1. The van der Waals surface area contributed by atoms with Gasteiger partial charge in [-0.05, 0) is 78.2 Å². The van der Waals surface area contributed by atoms with Crippen LogP contribution in [0.4, 0.5) is 0 Å². The van der Waals surface area contributed by atoms with Crippen LogP contribution in [0.25, 0.3) is 0 Å². The van der Waals surface area contributed by atoms with E-state index in [1.54, 1.807) is 6.20 Å². The lowest BCUT2D eigenvalue weighted by Crippen LogP contribution is -2.34. The van der Waals surface area contributed by atoms with Crippen molar-refractivity contribution < 1.29 is 0 Å². The second-order valence-electron chi connectivity index (χ2n) is 11.0. The van der Waals surface area contributed by atoms with Gasteiger partial charge in [-0.15, -0.1) is 0 Å². The summed E-state index contributed by atoms with van der Waals surface area (Å²) in [4.78, 5) is 19.6. The fourth-order valence-corrected chi connectivity index (χ4v) is 5.16. The number of likely N-dealkylation sites (tertiary alicyclic amines) is 1. The number of imidazole rings is 2. The molecule has 0 bridgehead atoms. The summed E-state index contributed by atoms with van der Waals surface area (Å²) in [7, 11) is 4.44. The highest BCUT2D eigenvalue weighted by atomic mass is 15.2. The highest BCUT2D eigenvalue weighted by Crippen LogP contribution is 2.34. The zero-order valence-electron chi connectivity index (χ0n) is 22.5. The highest BCUT2D eigenvalue weighted by Gasteiger charge is 2.33. The molecule has 7 nitrogen and oxygen atoms in total. The van der Waals surface area contributed by atoms with E-state index in [1.165, 1.54) is 71.1 Å². The van der Waals surface area contributed by atoms with Crippen molar-refractivity contribution in [1.29, 1.82) is 0 Å². The third-order valence-corrected chi connectivity index (χ3v) is 7.74. The largest absolute Gasteiger partial charge is 0.348 e. The van der Waals surface area contributed by atoms with E-state index in [0.717, 1.165) is 31.3 Å². The lowest BCUT2D eigenvalue weighted by Gasteiger charge is -2.30. The number of aromatic amines is 1. The number of aromatic nitrogens is 4. The standard InChI is InChI=1S/C27H49N7/c1-6-7-10-24(2)32(5)18-11-27(3)12-19-33(23-27)16-8-9-17-34-20-15-30-26(34)22-31(4)21-25-28-13-14-29-25/h13-15,20,24H,6-12,16-19,21-23H2,1-5H3,(H,28,29). The van der Waals surface area contributed by atoms with Crippen molar-refractivity contribution in [2.75, 3.05) is 40.3 Å². The summed E-state index contributed by atoms with van der Waals surface area (Å²) < 4.78 is 2.32. The van der Waals surface area contributed by atoms with E-state index in [9.17, 15) is 0 Å². The molecule has 0 saturated carbocycles. The number of hydrogen-bond donors (Lipinski definition) is 1. The van der Waals surface area contributed by atoms with Gasteiger partial charge in [-0.3, -0.25) is 4.90 Å². The van der Waals surface area contributed by atoms with Crippen molar-refractivity contribution in [3.63, 3.8) is 0 Å². The summed E-state index contributed by atoms with van der Waals surface area (Å²) in [6.07, 6.45) is 16.8. The topological polar surface area (TPSA) is 56.2 Å². The number of aryl methyl sites for hydroxylation is 1. The van der Waals surface area contributed by atoms with Crippen LogP contribution < -0.4 is 0 Å². The van der Waals surface area contributed by atoms with Crippen LogP contribution in [0.1, 0.15) is 77.4 Å². The number of nitrogens with zero attached hydrogens (tertiary/aromatic N) is 6. The van der Waals surface area contributed by atoms with E-state index in [-0.39, 0.29) is 0 Å². The van der Waals surface area contributed by atoms with Gasteiger partial charge in [0.15, 0.2) is 0 Å². The molecule has 0 spiro atoms. The zero-order valence-corrected chi connectivity index (χ0v) is 22.5. The van der Waals surface area contributed by atoms with Gasteiger partial charge in [0.05, 0.1) is 13.1 Å². The molecule has 1 aliphatic rings. The van der Waals surface area contributed by atoms with Crippen molar-refractivity contribution in [3.8, 4) is 0 Å². The average Bonchev–Trinajstić information content (AvgIpc) is 3.56. The molecular formula is C27H49N7. The molecule has 0 amide bonds. The Morgan fingerprint density at radius 2 is 1.94 bits per heavy atom. The molecule has 2 atom stereocenters. The fraction of sp³-hybridized carbons (Fsp3) is 0.778. The SMILES string of the molecule is CCCCC(C)N(C)CCC1(C)CCN(CCCCn2ccnc2CN(C)Cc2ncc[nH]2)C1. The average molecular weight is 472 g/mol. The first-order chi connectivity index (χ1) is 16.4. The molecule has 1 fully saturated rings. The van der Waals surface area contributed by atoms with Crippen molar-refractivity contribution in [3.05, 3.63) is 36.4 Å². The molecule has 3 rings (SSSR count). The molecule has 7 heteroatoms. The van der Waals surface area contributed by atoms with E-state index >= 15 is 0 Å². The molecule has 2 unspecified atom stereocenters. The highest BCUT2D eigenvalue weighted by molar-refractivity contribution is 4.94. The Morgan fingerprint density at radius 1 is 1.12 bits per heavy atom. The molecule has 2 aromatic heterocycles. The molecule has 1 saturated heterocycles. The third kappa shape index (κ3) is 8.51. The maximum Gasteiger partial charge on any atom is 0.122 e. The molecule has 0 aliphatic carbocycles. The minimum Gasteiger partial charge on any atom is -0.348 e. The Kier molecular flexibility index (Phi) is 10.6. The van der Waals surface area contributed by atoms with Crippen LogP contribution in [0.3, 0.4) is 0 Å². The monoisotopic (exact) mass is 471 g/mol. The first-order valence-electron chi connectivity index (χ1n) is 13.5. The summed E-state index contributed by atoms with van der Waals surface area (Å²) in [5.74, 6) is 2.14. The quantitative estimate of drug-likeness (QED) is 0.362. The van der Waals surface area contributed by atoms with E-state index in [0.29, 0.717) is 11.5 Å². The van der Waals surface area contributed by atoms with E-state index < -0.39 is 0 Å². The lowest BCUT2D eigenvalue weighted by atomic mass is 9.85. The molecule has 1 aliphatic heterocycles. The van der Waals surface area contributed by atoms with E-state index in [4.69, 9.17) is 0 Å². The normalized spacial score (nSPS) is 20.1. The maximum absolute atomic E-state index is 4.60. The molecule has 1 N–H and O–H groups in total. The van der Waals surface area contributed by atoms with Gasteiger partial charge in [0.1, 0.15) is 11.6 Å². The van der Waals surface area contributed by atoms with Gasteiger partial charge in [0.2, 0.25) is 0 Å². The first-order valence-corrected chi connectivity index (χ1v) is 13.5. The Morgan fingerprint density at radius 3 is 2.71 bits per heavy atom. The van der Waals surface area contributed by atoms with Crippen LogP contribution in [0.15, 0.2) is 24.8 Å². The Hall–Kier alpha value is -1.70. The lowest BCUT2D eigenvalue weighted by molar-refractivity contribution is 0.186. The summed E-state index contributed by atoms with van der Waals surface area (Å²) >= 11 is 0. The summed E-state index contributed by atoms with van der Waals surface area (Å²) in [5, 5.41) is 0. The zero-order chi connectivity index (χ0) is 24.4. The van der Waals surface area contributed by atoms with Gasteiger partial charge in [-0.25, -0.2) is 9.97 Å². The van der Waals surface area contributed by atoms with Gasteiger partial charge in [0.25, 0.3) is 0 Å². The van der Waals surface area contributed by atoms with Crippen LogP contribution in [0, 0.1) is 5.41 Å². The minimum absolute atomic E-state index is 0.481. The molecule has 2 aromatic rings. The maximum atomic E-state index is 4.60. The predicted octanol–water partition coefficient (Wildman–Crippen LogP) is 4.63. The number of rotatable bonds is 16. The second-order valence-corrected chi connectivity index (χ2v) is 11.0. The van der Waals surface area contributed by atoms with Crippen LogP contribution in [-0.4, -0.2) is 80.5 Å². The van der Waals surface area contributed by atoms with Gasteiger partial charge < -0.3 is 19.4 Å². The van der Waals surface area contributed by atoms with Crippen LogP contribution in [0.5, 0.6) is 0 Å². The van der Waals surface area contributed by atoms with Gasteiger partial charge in [-0.1, -0.05) is 26.7 Å². The Bertz CT molecular complexity index is 802. The molecule has 192 valence electrons. The van der Waals surface area contributed by atoms with Crippen LogP contribution in [0.2, 0.25) is 0 Å².